The van der Waals surface area contributed by atoms with Crippen molar-refractivity contribution in [2.45, 2.75) is 0 Å². The van der Waals surface area contributed by atoms with Crippen molar-refractivity contribution in [3.8, 4) is 0 Å². The van der Waals surface area contributed by atoms with E-state index in [1.807, 2.05) is 29.2 Å². The fourth-order valence-corrected chi connectivity index (χ4v) is 2.64. The molecule has 0 unspecified atom stereocenters. The number of carbonyl (C=O) groups is 1. The molecule has 0 radical (unpaired) electrons. The summed E-state index contributed by atoms with van der Waals surface area (Å²) in [4.78, 5) is 16.2. The normalized spacial score (nSPS) is 14.0. The monoisotopic (exact) mass is 383 g/mol. The van der Waals surface area contributed by atoms with Gasteiger partial charge >= 0.3 is 0 Å². The van der Waals surface area contributed by atoms with Crippen molar-refractivity contribution < 1.29 is 9.53 Å². The molecule has 0 saturated carbocycles. The molecular weight excluding hydrogens is 361 g/mol. The standard InChI is InChI=1S/C15H22ClN3O2.2ClH/c1-21-11-6-17-12-15(20)19-9-7-18(8-10-19)14-5-3-2-4-13(14)16;;/h2-5,17H,6-12H2,1H3;2*1H. The van der Waals surface area contributed by atoms with E-state index in [1.165, 1.54) is 0 Å². The van der Waals surface area contributed by atoms with Crippen molar-refractivity contribution in [1.82, 2.24) is 10.2 Å². The quantitative estimate of drug-likeness (QED) is 0.763. The minimum atomic E-state index is 0. The van der Waals surface area contributed by atoms with Crippen LogP contribution in [0.15, 0.2) is 24.3 Å². The average Bonchev–Trinajstić information content (AvgIpc) is 2.52. The molecule has 23 heavy (non-hydrogen) atoms. The molecule has 0 aromatic heterocycles. The molecule has 1 N–H and O–H groups in total. The molecule has 1 aliphatic heterocycles. The van der Waals surface area contributed by atoms with E-state index < -0.39 is 0 Å². The maximum Gasteiger partial charge on any atom is 0.236 e. The Morgan fingerprint density at radius 1 is 1.22 bits per heavy atom. The number of hydrogen-bond donors (Lipinski definition) is 1. The maximum atomic E-state index is 12.0. The van der Waals surface area contributed by atoms with Gasteiger partial charge in [-0.1, -0.05) is 23.7 Å². The summed E-state index contributed by atoms with van der Waals surface area (Å²) in [6.07, 6.45) is 0. The molecule has 0 aliphatic carbocycles. The smallest absolute Gasteiger partial charge is 0.236 e. The zero-order valence-corrected chi connectivity index (χ0v) is 15.6. The number of halogens is 3. The lowest BCUT2D eigenvalue weighted by molar-refractivity contribution is -0.130. The van der Waals surface area contributed by atoms with E-state index in [0.717, 1.165) is 36.9 Å². The van der Waals surface area contributed by atoms with Crippen LogP contribution < -0.4 is 10.2 Å². The number of hydrogen-bond acceptors (Lipinski definition) is 4. The van der Waals surface area contributed by atoms with Crippen molar-refractivity contribution in [3.63, 3.8) is 0 Å². The molecule has 0 spiro atoms. The van der Waals surface area contributed by atoms with Gasteiger partial charge < -0.3 is 19.9 Å². The van der Waals surface area contributed by atoms with Crippen LogP contribution >= 0.6 is 36.4 Å². The summed E-state index contributed by atoms with van der Waals surface area (Å²) < 4.78 is 4.94. The highest BCUT2D eigenvalue weighted by atomic mass is 35.5. The summed E-state index contributed by atoms with van der Waals surface area (Å²) in [6, 6.07) is 7.83. The Labute approximate surface area is 155 Å². The van der Waals surface area contributed by atoms with E-state index in [9.17, 15) is 4.79 Å². The first-order chi connectivity index (χ1) is 10.2. The van der Waals surface area contributed by atoms with Crippen LogP contribution in [0, 0.1) is 0 Å². The summed E-state index contributed by atoms with van der Waals surface area (Å²) in [7, 11) is 1.65. The second kappa shape index (κ2) is 11.8. The van der Waals surface area contributed by atoms with E-state index in [2.05, 4.69) is 10.2 Å². The van der Waals surface area contributed by atoms with Crippen LogP contribution in [0.5, 0.6) is 0 Å². The van der Waals surface area contributed by atoms with Gasteiger partial charge in [0.25, 0.3) is 0 Å². The zero-order chi connectivity index (χ0) is 15.1. The number of amides is 1. The number of methoxy groups -OCH3 is 1. The lowest BCUT2D eigenvalue weighted by Crippen LogP contribution is -2.51. The van der Waals surface area contributed by atoms with E-state index >= 15 is 0 Å². The van der Waals surface area contributed by atoms with Crippen LogP contribution in [0.25, 0.3) is 0 Å². The molecule has 1 aromatic carbocycles. The fraction of sp³-hybridized carbons (Fsp3) is 0.533. The number of nitrogens with zero attached hydrogens (tertiary/aromatic N) is 2. The fourth-order valence-electron chi connectivity index (χ4n) is 2.39. The first-order valence-corrected chi connectivity index (χ1v) is 7.57. The van der Waals surface area contributed by atoms with Gasteiger partial charge in [-0.25, -0.2) is 0 Å². The highest BCUT2D eigenvalue weighted by Gasteiger charge is 2.21. The Kier molecular flexibility index (Phi) is 11.4. The van der Waals surface area contributed by atoms with Crippen molar-refractivity contribution in [1.29, 1.82) is 0 Å². The Hall–Kier alpha value is -0.720. The second-order valence-electron chi connectivity index (χ2n) is 4.99. The number of benzene rings is 1. The van der Waals surface area contributed by atoms with E-state index in [1.54, 1.807) is 7.11 Å². The molecule has 5 nitrogen and oxygen atoms in total. The number of nitrogens with one attached hydrogen (secondary N) is 1. The Morgan fingerprint density at radius 2 is 1.87 bits per heavy atom. The van der Waals surface area contributed by atoms with Crippen molar-refractivity contribution in [2.24, 2.45) is 0 Å². The van der Waals surface area contributed by atoms with Gasteiger partial charge in [0.1, 0.15) is 0 Å². The highest BCUT2D eigenvalue weighted by Crippen LogP contribution is 2.25. The molecule has 0 bridgehead atoms. The summed E-state index contributed by atoms with van der Waals surface area (Å²) in [5.41, 5.74) is 1.05. The molecule has 132 valence electrons. The number of rotatable bonds is 6. The topological polar surface area (TPSA) is 44.8 Å². The Morgan fingerprint density at radius 3 is 2.48 bits per heavy atom. The van der Waals surface area contributed by atoms with Gasteiger partial charge in [0.05, 0.1) is 23.9 Å². The molecule has 2 rings (SSSR count). The average molecular weight is 385 g/mol. The summed E-state index contributed by atoms with van der Waals surface area (Å²) in [5.74, 6) is 0.143. The van der Waals surface area contributed by atoms with E-state index in [4.69, 9.17) is 16.3 Å². The molecule has 1 heterocycles. The van der Waals surface area contributed by atoms with Gasteiger partial charge in [0.15, 0.2) is 0 Å². The first-order valence-electron chi connectivity index (χ1n) is 7.19. The van der Waals surface area contributed by atoms with Crippen LogP contribution in [0.1, 0.15) is 0 Å². The summed E-state index contributed by atoms with van der Waals surface area (Å²) in [5, 5.41) is 3.85. The SMILES string of the molecule is COCCNCC(=O)N1CCN(c2ccccc2Cl)CC1.Cl.Cl. The van der Waals surface area contributed by atoms with Crippen LogP contribution in [0.4, 0.5) is 5.69 Å². The molecule has 1 saturated heterocycles. The summed E-state index contributed by atoms with van der Waals surface area (Å²) >= 11 is 6.21. The van der Waals surface area contributed by atoms with Crippen LogP contribution in [0.3, 0.4) is 0 Å². The maximum absolute atomic E-state index is 12.0. The molecule has 8 heteroatoms. The van der Waals surface area contributed by atoms with E-state index in [-0.39, 0.29) is 30.7 Å². The lowest BCUT2D eigenvalue weighted by Gasteiger charge is -2.36. The molecule has 1 fully saturated rings. The van der Waals surface area contributed by atoms with E-state index in [0.29, 0.717) is 19.7 Å². The minimum Gasteiger partial charge on any atom is -0.383 e. The second-order valence-corrected chi connectivity index (χ2v) is 5.40. The van der Waals surface area contributed by atoms with Crippen molar-refractivity contribution in [3.05, 3.63) is 29.3 Å². The van der Waals surface area contributed by atoms with Crippen LogP contribution in [-0.4, -0.2) is 63.8 Å². The van der Waals surface area contributed by atoms with Crippen molar-refractivity contribution >= 4 is 48.0 Å². The molecule has 1 amide bonds. The van der Waals surface area contributed by atoms with Crippen LogP contribution in [0.2, 0.25) is 5.02 Å². The highest BCUT2D eigenvalue weighted by molar-refractivity contribution is 6.33. The van der Waals surface area contributed by atoms with Gasteiger partial charge in [-0.15, -0.1) is 24.8 Å². The largest absolute Gasteiger partial charge is 0.383 e. The van der Waals surface area contributed by atoms with Crippen LogP contribution in [-0.2, 0) is 9.53 Å². The Balaban J connectivity index is 0.00000242. The van der Waals surface area contributed by atoms with Gasteiger partial charge in [-0.2, -0.15) is 0 Å². The number of carbonyl (C=O) groups excluding carboxylic acids is 1. The number of ether oxygens (including phenoxy) is 1. The molecular formula is C15H24Cl3N3O2. The van der Waals surface area contributed by atoms with Gasteiger partial charge in [0.2, 0.25) is 5.91 Å². The lowest BCUT2D eigenvalue weighted by atomic mass is 10.2. The minimum absolute atomic E-state index is 0. The van der Waals surface area contributed by atoms with Gasteiger partial charge in [-0.3, -0.25) is 4.79 Å². The third-order valence-corrected chi connectivity index (χ3v) is 3.90. The number of anilines is 1. The van der Waals surface area contributed by atoms with Gasteiger partial charge in [-0.05, 0) is 12.1 Å². The first kappa shape index (κ1) is 22.3. The molecule has 0 atom stereocenters. The number of piperazine rings is 1. The number of para-hydroxylation sites is 1. The predicted octanol–water partition coefficient (Wildman–Crippen LogP) is 2.07. The summed E-state index contributed by atoms with van der Waals surface area (Å²) in [6.45, 7) is 4.78. The zero-order valence-electron chi connectivity index (χ0n) is 13.2. The van der Waals surface area contributed by atoms with Crippen molar-refractivity contribution in [2.75, 3.05) is 57.9 Å². The third kappa shape index (κ3) is 6.73. The molecule has 1 aliphatic rings. The van der Waals surface area contributed by atoms with Gasteiger partial charge in [0, 0.05) is 39.8 Å². The Bertz CT molecular complexity index is 469. The molecule has 1 aromatic rings. The third-order valence-electron chi connectivity index (χ3n) is 3.58. The predicted molar refractivity (Wildman–Crippen MR) is 99.5 cm³/mol.